The minimum atomic E-state index is -1.04. The number of carboxylic acids is 1. The molecule has 5 heteroatoms. The second kappa shape index (κ2) is 5.72. The van der Waals surface area contributed by atoms with Crippen molar-refractivity contribution in [3.63, 3.8) is 0 Å². The van der Waals surface area contributed by atoms with Crippen molar-refractivity contribution in [1.29, 1.82) is 0 Å². The first-order valence-corrected chi connectivity index (χ1v) is 5.40. The summed E-state index contributed by atoms with van der Waals surface area (Å²) >= 11 is 1.61. The molecule has 1 heterocycles. The maximum Gasteiger partial charge on any atom is 0.371 e. The topological polar surface area (TPSA) is 70.7 Å². The third-order valence-electron chi connectivity index (χ3n) is 1.56. The number of hydrogen-bond donors (Lipinski definition) is 2. The van der Waals surface area contributed by atoms with Crippen LogP contribution < -0.4 is 0 Å². The van der Waals surface area contributed by atoms with Crippen LogP contribution in [0.15, 0.2) is 16.5 Å². The molecule has 0 amide bonds. The molecule has 0 aliphatic heterocycles. The highest BCUT2D eigenvalue weighted by atomic mass is 32.2. The molecule has 0 aliphatic rings. The van der Waals surface area contributed by atoms with Crippen molar-refractivity contribution in [2.75, 3.05) is 12.4 Å². The summed E-state index contributed by atoms with van der Waals surface area (Å²) < 4.78 is 5.04. The van der Waals surface area contributed by atoms with Crippen molar-refractivity contribution in [3.8, 4) is 0 Å². The highest BCUT2D eigenvalue weighted by molar-refractivity contribution is 7.98. The van der Waals surface area contributed by atoms with Gasteiger partial charge in [0.15, 0.2) is 0 Å². The molecule has 1 rings (SSSR count). The van der Waals surface area contributed by atoms with E-state index < -0.39 is 5.97 Å². The lowest BCUT2D eigenvalue weighted by molar-refractivity contribution is 0.0661. The summed E-state index contributed by atoms with van der Waals surface area (Å²) in [6, 6.07) is 3.11. The lowest BCUT2D eigenvalue weighted by atomic mass is 10.4. The van der Waals surface area contributed by atoms with E-state index in [0.717, 1.165) is 12.2 Å². The molecule has 1 aromatic rings. The van der Waals surface area contributed by atoms with E-state index in [-0.39, 0.29) is 12.4 Å². The minimum absolute atomic E-state index is 0.0252. The van der Waals surface area contributed by atoms with Crippen LogP contribution in [0.3, 0.4) is 0 Å². The molecule has 0 atom stereocenters. The summed E-state index contributed by atoms with van der Waals surface area (Å²) in [5, 5.41) is 17.1. The van der Waals surface area contributed by atoms with E-state index in [4.69, 9.17) is 14.6 Å². The Kier molecular flexibility index (Phi) is 4.55. The maximum atomic E-state index is 10.5. The van der Waals surface area contributed by atoms with Crippen LogP contribution in [-0.2, 0) is 5.75 Å². The lowest BCUT2D eigenvalue weighted by Crippen LogP contribution is -1.92. The molecular weight excluding hydrogens is 204 g/mol. The summed E-state index contributed by atoms with van der Waals surface area (Å²) in [6.07, 6.45) is 0.747. The van der Waals surface area contributed by atoms with Crippen LogP contribution in [0.2, 0.25) is 0 Å². The molecule has 0 radical (unpaired) electrons. The standard InChI is InChI=1S/C9H12O4S/c10-4-1-5-14-6-7-2-3-8(13-7)9(11)12/h2-3,10H,1,4-6H2,(H,11,12). The fraction of sp³-hybridized carbons (Fsp3) is 0.444. The van der Waals surface area contributed by atoms with E-state index in [9.17, 15) is 4.79 Å². The average Bonchev–Trinajstić information content (AvgIpc) is 2.61. The zero-order valence-corrected chi connectivity index (χ0v) is 8.42. The van der Waals surface area contributed by atoms with E-state index in [0.29, 0.717) is 11.5 Å². The van der Waals surface area contributed by atoms with Gasteiger partial charge in [-0.25, -0.2) is 4.79 Å². The van der Waals surface area contributed by atoms with Crippen LogP contribution in [0.4, 0.5) is 0 Å². The molecular formula is C9H12O4S. The van der Waals surface area contributed by atoms with Gasteiger partial charge >= 0.3 is 5.97 Å². The molecule has 0 fully saturated rings. The van der Waals surface area contributed by atoms with E-state index in [2.05, 4.69) is 0 Å². The SMILES string of the molecule is O=C(O)c1ccc(CSCCCO)o1. The van der Waals surface area contributed by atoms with Crippen molar-refractivity contribution >= 4 is 17.7 Å². The number of thioether (sulfide) groups is 1. The summed E-state index contributed by atoms with van der Waals surface area (Å²) in [5.41, 5.74) is 0. The highest BCUT2D eigenvalue weighted by Crippen LogP contribution is 2.15. The van der Waals surface area contributed by atoms with Gasteiger partial charge in [-0.15, -0.1) is 0 Å². The smallest absolute Gasteiger partial charge is 0.371 e. The monoisotopic (exact) mass is 216 g/mol. The van der Waals surface area contributed by atoms with Gasteiger partial charge in [0.05, 0.1) is 5.75 Å². The fourth-order valence-electron chi connectivity index (χ4n) is 0.910. The number of hydrogen-bond acceptors (Lipinski definition) is 4. The van der Waals surface area contributed by atoms with E-state index >= 15 is 0 Å². The lowest BCUT2D eigenvalue weighted by Gasteiger charge is -1.96. The quantitative estimate of drug-likeness (QED) is 0.707. The number of rotatable bonds is 6. The first-order chi connectivity index (χ1) is 6.74. The number of aliphatic hydroxyl groups is 1. The molecule has 0 bridgehead atoms. The molecule has 0 saturated heterocycles. The van der Waals surface area contributed by atoms with E-state index in [1.165, 1.54) is 6.07 Å². The zero-order chi connectivity index (χ0) is 10.4. The van der Waals surface area contributed by atoms with Crippen molar-refractivity contribution in [2.45, 2.75) is 12.2 Å². The Hall–Kier alpha value is -0.940. The average molecular weight is 216 g/mol. The van der Waals surface area contributed by atoms with Gasteiger partial charge in [0, 0.05) is 6.61 Å². The maximum absolute atomic E-state index is 10.5. The summed E-state index contributed by atoms with van der Waals surface area (Å²) in [5.74, 6) is 1.08. The molecule has 0 spiro atoms. The van der Waals surface area contributed by atoms with Gasteiger partial charge in [-0.1, -0.05) is 0 Å². The highest BCUT2D eigenvalue weighted by Gasteiger charge is 2.08. The van der Waals surface area contributed by atoms with Crippen molar-refractivity contribution in [3.05, 3.63) is 23.7 Å². The van der Waals surface area contributed by atoms with Crippen molar-refractivity contribution in [1.82, 2.24) is 0 Å². The van der Waals surface area contributed by atoms with Crippen LogP contribution in [0.25, 0.3) is 0 Å². The van der Waals surface area contributed by atoms with Gasteiger partial charge < -0.3 is 14.6 Å². The molecule has 0 saturated carbocycles. The van der Waals surface area contributed by atoms with E-state index in [1.54, 1.807) is 17.8 Å². The summed E-state index contributed by atoms with van der Waals surface area (Å²) in [7, 11) is 0. The van der Waals surface area contributed by atoms with Gasteiger partial charge in [0.1, 0.15) is 5.76 Å². The van der Waals surface area contributed by atoms with Gasteiger partial charge in [-0.2, -0.15) is 11.8 Å². The molecule has 14 heavy (non-hydrogen) atoms. The number of carbonyl (C=O) groups is 1. The van der Waals surface area contributed by atoms with Crippen LogP contribution in [0.5, 0.6) is 0 Å². The Labute approximate surface area is 85.9 Å². The number of furan rings is 1. The second-order valence-electron chi connectivity index (χ2n) is 2.70. The van der Waals surface area contributed by atoms with Gasteiger partial charge in [0.2, 0.25) is 5.76 Å². The first kappa shape index (κ1) is 11.1. The third-order valence-corrected chi connectivity index (χ3v) is 2.63. The Balaban J connectivity index is 2.33. The second-order valence-corrected chi connectivity index (χ2v) is 3.81. The minimum Gasteiger partial charge on any atom is -0.475 e. The zero-order valence-electron chi connectivity index (χ0n) is 7.60. The van der Waals surface area contributed by atoms with Gasteiger partial charge in [-0.3, -0.25) is 0 Å². The van der Waals surface area contributed by atoms with Crippen LogP contribution in [0, 0.1) is 0 Å². The van der Waals surface area contributed by atoms with E-state index in [1.807, 2.05) is 0 Å². The fourth-order valence-corrected chi connectivity index (χ4v) is 1.74. The Bertz CT molecular complexity index is 295. The van der Waals surface area contributed by atoms with Gasteiger partial charge in [-0.05, 0) is 24.3 Å². The van der Waals surface area contributed by atoms with Crippen molar-refractivity contribution < 1.29 is 19.4 Å². The third kappa shape index (κ3) is 3.43. The Morgan fingerprint density at radius 1 is 1.50 bits per heavy atom. The van der Waals surface area contributed by atoms with Crippen LogP contribution in [-0.4, -0.2) is 28.5 Å². The van der Waals surface area contributed by atoms with Crippen molar-refractivity contribution in [2.24, 2.45) is 0 Å². The molecule has 0 aromatic carbocycles. The molecule has 4 nitrogen and oxygen atoms in total. The Morgan fingerprint density at radius 3 is 2.86 bits per heavy atom. The summed E-state index contributed by atoms with van der Waals surface area (Å²) in [4.78, 5) is 10.5. The largest absolute Gasteiger partial charge is 0.475 e. The molecule has 1 aromatic heterocycles. The normalized spacial score (nSPS) is 10.4. The number of aromatic carboxylic acids is 1. The predicted octanol–water partition coefficient (Wildman–Crippen LogP) is 1.59. The number of aliphatic hydroxyl groups excluding tert-OH is 1. The molecule has 78 valence electrons. The Morgan fingerprint density at radius 2 is 2.29 bits per heavy atom. The summed E-state index contributed by atoms with van der Waals surface area (Å²) in [6.45, 7) is 0.186. The molecule has 0 unspecified atom stereocenters. The predicted molar refractivity (Wildman–Crippen MR) is 53.5 cm³/mol. The first-order valence-electron chi connectivity index (χ1n) is 4.24. The van der Waals surface area contributed by atoms with Crippen LogP contribution >= 0.6 is 11.8 Å². The van der Waals surface area contributed by atoms with Gasteiger partial charge in [0.25, 0.3) is 0 Å². The van der Waals surface area contributed by atoms with Crippen LogP contribution in [0.1, 0.15) is 22.7 Å². The molecule has 0 aliphatic carbocycles. The number of carboxylic acid groups (broad SMARTS) is 1. The molecule has 2 N–H and O–H groups in total.